The highest BCUT2D eigenvalue weighted by Crippen LogP contribution is 2.40. The molecule has 0 fully saturated rings. The molecule has 0 saturated carbocycles. The first-order valence-corrected chi connectivity index (χ1v) is 8.09. The molecule has 2 aromatic carbocycles. The van der Waals surface area contributed by atoms with Crippen molar-refractivity contribution in [1.29, 1.82) is 0 Å². The summed E-state index contributed by atoms with van der Waals surface area (Å²) in [5, 5.41) is 2.83. The molecule has 3 rings (SSSR count). The molecular formula is C20H24N4O3. The Morgan fingerprint density at radius 2 is 1.81 bits per heavy atom. The van der Waals surface area contributed by atoms with Crippen molar-refractivity contribution in [2.45, 2.75) is 20.3 Å². The minimum absolute atomic E-state index is 0.0240. The lowest BCUT2D eigenvalue weighted by molar-refractivity contribution is 0.324. The fourth-order valence-electron chi connectivity index (χ4n) is 2.77. The number of methoxy groups -OCH3 is 3. The molecule has 0 spiro atoms. The number of benzene rings is 2. The van der Waals surface area contributed by atoms with Crippen LogP contribution in [0.5, 0.6) is 17.2 Å². The number of nitrogens with two attached hydrogens (primary N) is 1. The zero-order valence-corrected chi connectivity index (χ0v) is 15.5. The van der Waals surface area contributed by atoms with Gasteiger partial charge in [0.2, 0.25) is 5.75 Å². The smallest absolute Gasteiger partial charge is 0.203 e. The lowest BCUT2D eigenvalue weighted by Crippen LogP contribution is -2.05. The number of aryl methyl sites for hydroxylation is 2. The van der Waals surface area contributed by atoms with E-state index < -0.39 is 13.3 Å². The SMILES string of the molecule is [2H]C([2H])([2H])c1c(C([2H])([2H])Nc2cc(OC)c(OC)c(OC)c2)ccc2nc(C)nc(N)c12. The van der Waals surface area contributed by atoms with Gasteiger partial charge < -0.3 is 25.3 Å². The number of hydrogen-bond donors (Lipinski definition) is 2. The Hall–Kier alpha value is -3.22. The van der Waals surface area contributed by atoms with Gasteiger partial charge in [0.15, 0.2) is 11.5 Å². The minimum Gasteiger partial charge on any atom is -0.493 e. The van der Waals surface area contributed by atoms with Crippen LogP contribution in [-0.2, 0) is 6.50 Å². The van der Waals surface area contributed by atoms with Crippen molar-refractivity contribution in [3.05, 3.63) is 41.2 Å². The minimum atomic E-state index is -2.67. The molecule has 0 aliphatic carbocycles. The summed E-state index contributed by atoms with van der Waals surface area (Å²) in [6.45, 7) is -3.35. The molecule has 7 nitrogen and oxygen atoms in total. The largest absolute Gasteiger partial charge is 0.493 e. The number of anilines is 2. The maximum atomic E-state index is 8.68. The topological polar surface area (TPSA) is 91.5 Å². The summed E-state index contributed by atoms with van der Waals surface area (Å²) in [4.78, 5) is 8.33. The van der Waals surface area contributed by atoms with Crippen LogP contribution in [0.3, 0.4) is 0 Å². The standard InChI is InChI=1S/C20H24N4O3/c1-11-13(6-7-15-18(11)20(21)24-12(2)23-15)10-22-14-8-16(25-3)19(27-5)17(9-14)26-4/h6-9,22H,10H2,1-5H3,(H2,21,23,24)/i1D3,10D2. The Bertz CT molecular complexity index is 1140. The Labute approximate surface area is 165 Å². The van der Waals surface area contributed by atoms with Crippen LogP contribution in [0.25, 0.3) is 10.9 Å². The van der Waals surface area contributed by atoms with E-state index in [1.807, 2.05) is 0 Å². The third-order valence-electron chi connectivity index (χ3n) is 4.01. The van der Waals surface area contributed by atoms with E-state index in [9.17, 15) is 0 Å². The first-order valence-electron chi connectivity index (χ1n) is 10.6. The lowest BCUT2D eigenvalue weighted by Gasteiger charge is -2.16. The highest BCUT2D eigenvalue weighted by atomic mass is 16.5. The average Bonchev–Trinajstić information content (AvgIpc) is 2.70. The third-order valence-corrected chi connectivity index (χ3v) is 4.01. The van der Waals surface area contributed by atoms with Crippen LogP contribution in [-0.4, -0.2) is 31.3 Å². The van der Waals surface area contributed by atoms with Crippen LogP contribution in [0.2, 0.25) is 0 Å². The molecule has 1 aromatic heterocycles. The molecule has 0 radical (unpaired) electrons. The summed E-state index contributed by atoms with van der Waals surface area (Å²) in [5.41, 5.74) is 6.28. The van der Waals surface area contributed by atoms with E-state index >= 15 is 0 Å². The summed E-state index contributed by atoms with van der Waals surface area (Å²) < 4.78 is 57.4. The number of aromatic nitrogens is 2. The highest BCUT2D eigenvalue weighted by molar-refractivity contribution is 5.92. The number of nitrogen functional groups attached to an aromatic ring is 1. The van der Waals surface area contributed by atoms with Gasteiger partial charge in [0.1, 0.15) is 11.6 Å². The Morgan fingerprint density at radius 3 is 2.41 bits per heavy atom. The van der Waals surface area contributed by atoms with Crippen LogP contribution >= 0.6 is 0 Å². The number of nitrogens with one attached hydrogen (secondary N) is 1. The summed E-state index contributed by atoms with van der Waals surface area (Å²) in [5.74, 6) is 1.33. The van der Waals surface area contributed by atoms with Gasteiger partial charge in [0.25, 0.3) is 0 Å². The normalized spacial score (nSPS) is 14.4. The average molecular weight is 373 g/mol. The van der Waals surface area contributed by atoms with Crippen LogP contribution in [0.4, 0.5) is 11.5 Å². The second-order valence-electron chi connectivity index (χ2n) is 5.70. The van der Waals surface area contributed by atoms with Gasteiger partial charge in [-0.3, -0.25) is 0 Å². The van der Waals surface area contributed by atoms with Crippen molar-refractivity contribution in [2.24, 2.45) is 0 Å². The molecule has 27 heavy (non-hydrogen) atoms. The molecule has 0 amide bonds. The van der Waals surface area contributed by atoms with E-state index in [0.717, 1.165) is 0 Å². The van der Waals surface area contributed by atoms with Gasteiger partial charge in [-0.15, -0.1) is 0 Å². The van der Waals surface area contributed by atoms with Gasteiger partial charge >= 0.3 is 0 Å². The number of nitrogens with zero attached hydrogens (tertiary/aromatic N) is 2. The van der Waals surface area contributed by atoms with E-state index in [1.165, 1.54) is 45.6 Å². The highest BCUT2D eigenvalue weighted by Gasteiger charge is 2.14. The summed E-state index contributed by atoms with van der Waals surface area (Å²) >= 11 is 0. The van der Waals surface area contributed by atoms with Crippen molar-refractivity contribution in [3.63, 3.8) is 0 Å². The van der Waals surface area contributed by atoms with Crippen molar-refractivity contribution < 1.29 is 21.1 Å². The quantitative estimate of drug-likeness (QED) is 0.683. The van der Waals surface area contributed by atoms with Crippen molar-refractivity contribution in [2.75, 3.05) is 32.4 Å². The van der Waals surface area contributed by atoms with Gasteiger partial charge in [0, 0.05) is 33.8 Å². The fourth-order valence-corrected chi connectivity index (χ4v) is 2.77. The van der Waals surface area contributed by atoms with E-state index in [4.69, 9.17) is 26.8 Å². The van der Waals surface area contributed by atoms with E-state index in [-0.39, 0.29) is 28.0 Å². The first-order chi connectivity index (χ1) is 14.9. The van der Waals surface area contributed by atoms with Crippen LogP contribution in [0, 0.1) is 13.8 Å². The van der Waals surface area contributed by atoms with Gasteiger partial charge in [-0.1, -0.05) is 6.07 Å². The van der Waals surface area contributed by atoms with Crippen LogP contribution < -0.4 is 25.3 Å². The molecule has 0 bridgehead atoms. The maximum Gasteiger partial charge on any atom is 0.203 e. The molecule has 0 aliphatic heterocycles. The van der Waals surface area contributed by atoms with Gasteiger partial charge in [0.05, 0.1) is 29.6 Å². The van der Waals surface area contributed by atoms with E-state index in [1.54, 1.807) is 6.92 Å². The summed E-state index contributed by atoms with van der Waals surface area (Å²) in [6.07, 6.45) is 0. The molecule has 3 aromatic rings. The molecule has 0 unspecified atom stereocenters. The predicted molar refractivity (Wildman–Crippen MR) is 107 cm³/mol. The molecular weight excluding hydrogens is 344 g/mol. The van der Waals surface area contributed by atoms with Crippen LogP contribution in [0.15, 0.2) is 24.3 Å². The molecule has 7 heteroatoms. The zero-order valence-electron chi connectivity index (χ0n) is 20.5. The first kappa shape index (κ1) is 13.0. The second kappa shape index (κ2) is 7.57. The second-order valence-corrected chi connectivity index (χ2v) is 5.70. The van der Waals surface area contributed by atoms with Crippen molar-refractivity contribution >= 4 is 22.4 Å². The Morgan fingerprint density at radius 1 is 1.11 bits per heavy atom. The number of hydrogen-bond acceptors (Lipinski definition) is 7. The maximum absolute atomic E-state index is 8.68. The van der Waals surface area contributed by atoms with E-state index in [0.29, 0.717) is 28.6 Å². The van der Waals surface area contributed by atoms with Crippen LogP contribution in [0.1, 0.15) is 23.8 Å². The van der Waals surface area contributed by atoms with Crippen molar-refractivity contribution in [1.82, 2.24) is 9.97 Å². The predicted octanol–water partition coefficient (Wildman–Crippen LogP) is 3.47. The van der Waals surface area contributed by atoms with E-state index in [2.05, 4.69) is 15.3 Å². The molecule has 3 N–H and O–H groups in total. The molecule has 1 heterocycles. The van der Waals surface area contributed by atoms with Crippen molar-refractivity contribution in [3.8, 4) is 17.2 Å². The molecule has 142 valence electrons. The lowest BCUT2D eigenvalue weighted by atomic mass is 10.0. The third kappa shape index (κ3) is 3.53. The van der Waals surface area contributed by atoms with Gasteiger partial charge in [-0.05, 0) is 31.0 Å². The fraction of sp³-hybridized carbons (Fsp3) is 0.300. The Kier molecular flexibility index (Phi) is 3.65. The molecule has 0 saturated heterocycles. The number of ether oxygens (including phenoxy) is 3. The number of fused-ring (bicyclic) bond motifs is 1. The summed E-state index contributed by atoms with van der Waals surface area (Å²) in [6, 6.07) is 5.96. The Balaban J connectivity index is 2.20. The summed E-state index contributed by atoms with van der Waals surface area (Å²) in [7, 11) is 4.34. The van der Waals surface area contributed by atoms with Gasteiger partial charge in [-0.25, -0.2) is 9.97 Å². The monoisotopic (exact) mass is 373 g/mol. The molecule has 0 aliphatic rings. The molecule has 0 atom stereocenters. The number of rotatable bonds is 6. The van der Waals surface area contributed by atoms with Gasteiger partial charge in [-0.2, -0.15) is 0 Å². The zero-order chi connectivity index (χ0) is 23.8.